The summed E-state index contributed by atoms with van der Waals surface area (Å²) in [7, 11) is 0. The van der Waals surface area contributed by atoms with E-state index in [2.05, 4.69) is 17.2 Å². The molecule has 0 saturated carbocycles. The Balaban J connectivity index is 2.34. The van der Waals surface area contributed by atoms with Crippen molar-refractivity contribution >= 4 is 6.09 Å². The van der Waals surface area contributed by atoms with Gasteiger partial charge >= 0.3 is 6.09 Å². The Hall–Kier alpha value is -1.95. The molecule has 3 heteroatoms. The smallest absolute Gasteiger partial charge is 0.408 e. The van der Waals surface area contributed by atoms with Crippen LogP contribution in [-0.4, -0.2) is 18.2 Å². The number of amides is 1. The summed E-state index contributed by atoms with van der Waals surface area (Å²) in [5.74, 6) is 5.80. The molecule has 90 valence electrons. The van der Waals surface area contributed by atoms with Gasteiger partial charge in [-0.15, -0.1) is 0 Å². The molecule has 0 atom stereocenters. The minimum absolute atomic E-state index is 0.282. The Bertz CT molecular complexity index is 421. The summed E-state index contributed by atoms with van der Waals surface area (Å²) < 4.78 is 5.07. The lowest BCUT2D eigenvalue weighted by Gasteiger charge is -2.18. The van der Waals surface area contributed by atoms with E-state index in [-0.39, 0.29) is 6.54 Å². The van der Waals surface area contributed by atoms with Gasteiger partial charge in [0.2, 0.25) is 0 Å². The van der Waals surface area contributed by atoms with Crippen LogP contribution in [0.3, 0.4) is 0 Å². The fourth-order valence-electron chi connectivity index (χ4n) is 1.10. The Morgan fingerprint density at radius 1 is 1.29 bits per heavy atom. The van der Waals surface area contributed by atoms with E-state index in [0.717, 1.165) is 5.56 Å². The fraction of sp³-hybridized carbons (Fsp3) is 0.357. The first kappa shape index (κ1) is 13.1. The molecule has 0 spiro atoms. The van der Waals surface area contributed by atoms with Gasteiger partial charge in [0.1, 0.15) is 5.60 Å². The second-order valence-electron chi connectivity index (χ2n) is 4.52. The van der Waals surface area contributed by atoms with Crippen molar-refractivity contribution in [2.24, 2.45) is 0 Å². The molecule has 3 nitrogen and oxygen atoms in total. The molecule has 0 saturated heterocycles. The third kappa shape index (κ3) is 6.26. The number of nitrogens with one attached hydrogen (secondary N) is 1. The van der Waals surface area contributed by atoms with Gasteiger partial charge < -0.3 is 10.1 Å². The largest absolute Gasteiger partial charge is 0.444 e. The normalized spacial score (nSPS) is 10.1. The first-order valence-corrected chi connectivity index (χ1v) is 5.48. The Morgan fingerprint density at radius 3 is 2.53 bits per heavy atom. The molecule has 0 fully saturated rings. The van der Waals surface area contributed by atoms with Crippen LogP contribution < -0.4 is 5.32 Å². The highest BCUT2D eigenvalue weighted by Gasteiger charge is 2.14. The molecule has 0 aliphatic rings. The molecule has 17 heavy (non-hydrogen) atoms. The first-order valence-electron chi connectivity index (χ1n) is 5.48. The molecule has 0 aliphatic heterocycles. The molecule has 1 rings (SSSR count). The predicted octanol–water partition coefficient (Wildman–Crippen LogP) is 2.56. The molecule has 1 aromatic rings. The summed E-state index contributed by atoms with van der Waals surface area (Å²) in [5.41, 5.74) is 0.454. The van der Waals surface area contributed by atoms with Crippen LogP contribution in [-0.2, 0) is 4.74 Å². The minimum atomic E-state index is -0.475. The highest BCUT2D eigenvalue weighted by molar-refractivity contribution is 5.68. The SMILES string of the molecule is CC(C)(C)OC(=O)NCC#Cc1ccccc1. The summed E-state index contributed by atoms with van der Waals surface area (Å²) >= 11 is 0. The molecule has 0 aliphatic carbocycles. The van der Waals surface area contributed by atoms with Gasteiger partial charge in [0.25, 0.3) is 0 Å². The lowest BCUT2D eigenvalue weighted by Crippen LogP contribution is -2.32. The Kier molecular flexibility index (Phi) is 4.59. The van der Waals surface area contributed by atoms with Gasteiger partial charge in [-0.2, -0.15) is 0 Å². The van der Waals surface area contributed by atoms with Crippen molar-refractivity contribution in [3.63, 3.8) is 0 Å². The Morgan fingerprint density at radius 2 is 1.94 bits per heavy atom. The van der Waals surface area contributed by atoms with E-state index >= 15 is 0 Å². The fourth-order valence-corrected chi connectivity index (χ4v) is 1.10. The maximum Gasteiger partial charge on any atom is 0.408 e. The number of ether oxygens (including phenoxy) is 1. The molecule has 0 unspecified atom stereocenters. The lowest BCUT2D eigenvalue weighted by atomic mass is 10.2. The molecule has 0 aromatic heterocycles. The van der Waals surface area contributed by atoms with E-state index in [1.165, 1.54) is 0 Å². The zero-order valence-corrected chi connectivity index (χ0v) is 10.4. The van der Waals surface area contributed by atoms with Crippen LogP contribution in [0.25, 0.3) is 0 Å². The van der Waals surface area contributed by atoms with Gasteiger partial charge in [-0.3, -0.25) is 0 Å². The van der Waals surface area contributed by atoms with Crippen LogP contribution in [0.4, 0.5) is 4.79 Å². The predicted molar refractivity (Wildman–Crippen MR) is 67.6 cm³/mol. The number of hydrogen-bond donors (Lipinski definition) is 1. The molecule has 1 N–H and O–H groups in total. The van der Waals surface area contributed by atoms with Crippen molar-refractivity contribution in [2.45, 2.75) is 26.4 Å². The van der Waals surface area contributed by atoms with Gasteiger partial charge in [-0.1, -0.05) is 30.0 Å². The zero-order valence-electron chi connectivity index (χ0n) is 10.4. The third-order valence-corrected chi connectivity index (χ3v) is 1.73. The maximum atomic E-state index is 11.3. The topological polar surface area (TPSA) is 38.3 Å². The number of alkyl carbamates (subject to hydrolysis) is 1. The van der Waals surface area contributed by atoms with E-state index in [0.29, 0.717) is 0 Å². The van der Waals surface area contributed by atoms with Crippen LogP contribution in [0.5, 0.6) is 0 Å². The third-order valence-electron chi connectivity index (χ3n) is 1.73. The summed E-state index contributed by atoms with van der Waals surface area (Å²) in [6.07, 6.45) is -0.445. The van der Waals surface area contributed by atoms with E-state index in [4.69, 9.17) is 4.74 Å². The van der Waals surface area contributed by atoms with Gasteiger partial charge in [0.15, 0.2) is 0 Å². The number of benzene rings is 1. The molecule has 1 amide bonds. The first-order chi connectivity index (χ1) is 7.97. The average Bonchev–Trinajstić information content (AvgIpc) is 2.23. The quantitative estimate of drug-likeness (QED) is 0.754. The summed E-state index contributed by atoms with van der Waals surface area (Å²) in [6.45, 7) is 5.75. The van der Waals surface area contributed by atoms with Gasteiger partial charge in [0, 0.05) is 5.56 Å². The van der Waals surface area contributed by atoms with E-state index in [1.807, 2.05) is 51.1 Å². The van der Waals surface area contributed by atoms with Crippen molar-refractivity contribution in [3.8, 4) is 11.8 Å². The lowest BCUT2D eigenvalue weighted by molar-refractivity contribution is 0.0535. The number of rotatable bonds is 1. The van der Waals surface area contributed by atoms with Crippen LogP contribution in [0.15, 0.2) is 30.3 Å². The number of carbonyl (C=O) groups excluding carboxylic acids is 1. The van der Waals surface area contributed by atoms with Crippen molar-refractivity contribution in [2.75, 3.05) is 6.54 Å². The highest BCUT2D eigenvalue weighted by Crippen LogP contribution is 2.05. The summed E-state index contributed by atoms with van der Waals surface area (Å²) in [6, 6.07) is 9.61. The summed E-state index contributed by atoms with van der Waals surface area (Å²) in [5, 5.41) is 2.57. The van der Waals surface area contributed by atoms with E-state index < -0.39 is 11.7 Å². The van der Waals surface area contributed by atoms with Gasteiger partial charge in [-0.05, 0) is 32.9 Å². The Labute approximate surface area is 102 Å². The molecular formula is C14H17NO2. The number of hydrogen-bond acceptors (Lipinski definition) is 2. The van der Waals surface area contributed by atoms with Crippen molar-refractivity contribution in [1.29, 1.82) is 0 Å². The van der Waals surface area contributed by atoms with Crippen LogP contribution >= 0.6 is 0 Å². The molecular weight excluding hydrogens is 214 g/mol. The molecule has 0 radical (unpaired) electrons. The summed E-state index contributed by atoms with van der Waals surface area (Å²) in [4.78, 5) is 11.3. The molecule has 1 aromatic carbocycles. The zero-order chi connectivity index (χ0) is 12.7. The second kappa shape index (κ2) is 5.95. The van der Waals surface area contributed by atoms with Gasteiger partial charge in [0.05, 0.1) is 6.54 Å². The standard InChI is InChI=1S/C14H17NO2/c1-14(2,3)17-13(16)15-11-7-10-12-8-5-4-6-9-12/h4-6,8-9H,11H2,1-3H3,(H,15,16). The van der Waals surface area contributed by atoms with Crippen molar-refractivity contribution in [1.82, 2.24) is 5.32 Å². The maximum absolute atomic E-state index is 11.3. The van der Waals surface area contributed by atoms with Crippen LogP contribution in [0.2, 0.25) is 0 Å². The average molecular weight is 231 g/mol. The van der Waals surface area contributed by atoms with Gasteiger partial charge in [-0.25, -0.2) is 4.79 Å². The highest BCUT2D eigenvalue weighted by atomic mass is 16.6. The minimum Gasteiger partial charge on any atom is -0.444 e. The second-order valence-corrected chi connectivity index (χ2v) is 4.52. The van der Waals surface area contributed by atoms with E-state index in [9.17, 15) is 4.79 Å². The number of carbonyl (C=O) groups is 1. The van der Waals surface area contributed by atoms with Crippen LogP contribution in [0, 0.1) is 11.8 Å². The van der Waals surface area contributed by atoms with Crippen molar-refractivity contribution < 1.29 is 9.53 Å². The monoisotopic (exact) mass is 231 g/mol. The van der Waals surface area contributed by atoms with Crippen LogP contribution in [0.1, 0.15) is 26.3 Å². The molecule has 0 bridgehead atoms. The molecule has 0 heterocycles. The van der Waals surface area contributed by atoms with Crippen molar-refractivity contribution in [3.05, 3.63) is 35.9 Å². The van der Waals surface area contributed by atoms with E-state index in [1.54, 1.807) is 0 Å².